The smallest absolute Gasteiger partial charge is 0.0861 e. The third-order valence-electron chi connectivity index (χ3n) is 2.51. The molecule has 0 bridgehead atoms. The van der Waals surface area contributed by atoms with Crippen LogP contribution in [0.5, 0.6) is 0 Å². The molecule has 0 saturated heterocycles. The number of rotatable bonds is 3. The monoisotopic (exact) mass is 201 g/mol. The number of aromatic nitrogens is 3. The normalized spacial score (nSPS) is 10.5. The molecule has 78 valence electrons. The average molecular weight is 201 g/mol. The molecule has 0 aliphatic heterocycles. The Morgan fingerprint density at radius 2 is 1.80 bits per heavy atom. The highest BCUT2D eigenvalue weighted by Gasteiger charge is 2.09. The van der Waals surface area contributed by atoms with Gasteiger partial charge in [0.2, 0.25) is 0 Å². The minimum atomic E-state index is 0.940. The Hall–Kier alpha value is -1.64. The molecule has 1 heterocycles. The highest BCUT2D eigenvalue weighted by atomic mass is 15.4. The molecule has 2 aromatic rings. The second-order valence-corrected chi connectivity index (χ2v) is 3.44. The Kier molecular flexibility index (Phi) is 2.81. The van der Waals surface area contributed by atoms with Gasteiger partial charge in [-0.25, -0.2) is 4.68 Å². The lowest BCUT2D eigenvalue weighted by molar-refractivity contribution is 0.767. The lowest BCUT2D eigenvalue weighted by atomic mass is 10.2. The van der Waals surface area contributed by atoms with E-state index in [1.54, 1.807) is 0 Å². The first-order chi connectivity index (χ1) is 7.36. The molecule has 0 fully saturated rings. The fraction of sp³-hybridized carbons (Fsp3) is 0.333. The van der Waals surface area contributed by atoms with E-state index in [1.165, 1.54) is 5.69 Å². The summed E-state index contributed by atoms with van der Waals surface area (Å²) >= 11 is 0. The standard InChI is InChI=1S/C12H15N3/c1-3-11-12(4-2)15(14-13-11)10-8-6-5-7-9-10/h5-9H,3-4H2,1-2H3. The Morgan fingerprint density at radius 3 is 2.40 bits per heavy atom. The first-order valence-corrected chi connectivity index (χ1v) is 5.35. The van der Waals surface area contributed by atoms with Gasteiger partial charge in [-0.3, -0.25) is 0 Å². The Labute approximate surface area is 89.7 Å². The predicted molar refractivity (Wildman–Crippen MR) is 60.1 cm³/mol. The molecule has 0 aliphatic carbocycles. The summed E-state index contributed by atoms with van der Waals surface area (Å²) in [5.74, 6) is 0. The van der Waals surface area contributed by atoms with Crippen molar-refractivity contribution in [1.82, 2.24) is 15.0 Å². The van der Waals surface area contributed by atoms with Crippen LogP contribution in [0.4, 0.5) is 0 Å². The lowest BCUT2D eigenvalue weighted by Crippen LogP contribution is -2.02. The van der Waals surface area contributed by atoms with Crippen molar-refractivity contribution in [3.8, 4) is 5.69 Å². The number of nitrogens with zero attached hydrogens (tertiary/aromatic N) is 3. The molecule has 0 unspecified atom stereocenters. The summed E-state index contributed by atoms with van der Waals surface area (Å²) in [6.07, 6.45) is 1.90. The molecule has 0 atom stereocenters. The van der Waals surface area contributed by atoms with E-state index in [0.29, 0.717) is 0 Å². The summed E-state index contributed by atoms with van der Waals surface area (Å²) in [6, 6.07) is 10.1. The van der Waals surface area contributed by atoms with E-state index >= 15 is 0 Å². The zero-order valence-electron chi connectivity index (χ0n) is 9.14. The Morgan fingerprint density at radius 1 is 1.07 bits per heavy atom. The SMILES string of the molecule is CCc1nnn(-c2ccccc2)c1CC. The van der Waals surface area contributed by atoms with Crippen molar-refractivity contribution in [3.05, 3.63) is 41.7 Å². The molecule has 3 nitrogen and oxygen atoms in total. The Balaban J connectivity index is 2.49. The van der Waals surface area contributed by atoms with Crippen LogP contribution in [0.2, 0.25) is 0 Å². The first-order valence-electron chi connectivity index (χ1n) is 5.35. The maximum Gasteiger partial charge on any atom is 0.0861 e. The maximum atomic E-state index is 4.19. The summed E-state index contributed by atoms with van der Waals surface area (Å²) in [5, 5.41) is 8.39. The van der Waals surface area contributed by atoms with Crippen LogP contribution in [-0.4, -0.2) is 15.0 Å². The molecule has 0 radical (unpaired) electrons. The van der Waals surface area contributed by atoms with Gasteiger partial charge >= 0.3 is 0 Å². The van der Waals surface area contributed by atoms with Crippen LogP contribution in [0, 0.1) is 0 Å². The van der Waals surface area contributed by atoms with E-state index in [9.17, 15) is 0 Å². The van der Waals surface area contributed by atoms with E-state index in [4.69, 9.17) is 0 Å². The largest absolute Gasteiger partial charge is 0.217 e. The minimum absolute atomic E-state index is 0.940. The summed E-state index contributed by atoms with van der Waals surface area (Å²) in [5.41, 5.74) is 3.40. The molecule has 1 aromatic heterocycles. The van der Waals surface area contributed by atoms with Gasteiger partial charge in [-0.2, -0.15) is 0 Å². The van der Waals surface area contributed by atoms with Crippen LogP contribution in [0.3, 0.4) is 0 Å². The topological polar surface area (TPSA) is 30.7 Å². The number of aryl methyl sites for hydroxylation is 1. The van der Waals surface area contributed by atoms with Crippen LogP contribution in [0.25, 0.3) is 5.69 Å². The van der Waals surface area contributed by atoms with E-state index in [0.717, 1.165) is 24.2 Å². The van der Waals surface area contributed by atoms with Crippen molar-refractivity contribution in [2.75, 3.05) is 0 Å². The zero-order chi connectivity index (χ0) is 10.7. The summed E-state index contributed by atoms with van der Waals surface area (Å²) < 4.78 is 1.93. The van der Waals surface area contributed by atoms with E-state index < -0.39 is 0 Å². The molecular formula is C12H15N3. The number of para-hydroxylation sites is 1. The second-order valence-electron chi connectivity index (χ2n) is 3.44. The van der Waals surface area contributed by atoms with Gasteiger partial charge in [0.05, 0.1) is 17.1 Å². The number of benzene rings is 1. The van der Waals surface area contributed by atoms with Crippen molar-refractivity contribution < 1.29 is 0 Å². The predicted octanol–water partition coefficient (Wildman–Crippen LogP) is 2.39. The molecular weight excluding hydrogens is 186 g/mol. The van der Waals surface area contributed by atoms with Crippen molar-refractivity contribution in [2.24, 2.45) is 0 Å². The summed E-state index contributed by atoms with van der Waals surface area (Å²) in [4.78, 5) is 0. The molecule has 0 spiro atoms. The van der Waals surface area contributed by atoms with E-state index in [2.05, 4.69) is 24.2 Å². The third kappa shape index (κ3) is 1.77. The zero-order valence-corrected chi connectivity index (χ0v) is 9.14. The van der Waals surface area contributed by atoms with Crippen LogP contribution in [-0.2, 0) is 12.8 Å². The number of hydrogen-bond acceptors (Lipinski definition) is 2. The second kappa shape index (κ2) is 4.26. The molecule has 1 aromatic carbocycles. The van der Waals surface area contributed by atoms with Gasteiger partial charge < -0.3 is 0 Å². The van der Waals surface area contributed by atoms with Crippen LogP contribution in [0.15, 0.2) is 30.3 Å². The van der Waals surface area contributed by atoms with Gasteiger partial charge in [0, 0.05) is 0 Å². The molecule has 0 saturated carbocycles. The minimum Gasteiger partial charge on any atom is -0.217 e. The average Bonchev–Trinajstić information content (AvgIpc) is 2.72. The fourth-order valence-electron chi connectivity index (χ4n) is 1.74. The summed E-state index contributed by atoms with van der Waals surface area (Å²) in [7, 11) is 0. The van der Waals surface area contributed by atoms with Crippen LogP contribution < -0.4 is 0 Å². The van der Waals surface area contributed by atoms with Crippen molar-refractivity contribution in [2.45, 2.75) is 26.7 Å². The van der Waals surface area contributed by atoms with Gasteiger partial charge in [-0.05, 0) is 25.0 Å². The van der Waals surface area contributed by atoms with Gasteiger partial charge in [-0.1, -0.05) is 37.3 Å². The highest BCUT2D eigenvalue weighted by Crippen LogP contribution is 2.13. The quantitative estimate of drug-likeness (QED) is 0.763. The van der Waals surface area contributed by atoms with Crippen LogP contribution >= 0.6 is 0 Å². The maximum absolute atomic E-state index is 4.19. The molecule has 15 heavy (non-hydrogen) atoms. The molecule has 3 heteroatoms. The molecule has 2 rings (SSSR count). The fourth-order valence-corrected chi connectivity index (χ4v) is 1.74. The van der Waals surface area contributed by atoms with Gasteiger partial charge in [0.25, 0.3) is 0 Å². The molecule has 0 aliphatic rings. The van der Waals surface area contributed by atoms with Crippen molar-refractivity contribution in [3.63, 3.8) is 0 Å². The van der Waals surface area contributed by atoms with Crippen molar-refractivity contribution in [1.29, 1.82) is 0 Å². The van der Waals surface area contributed by atoms with Gasteiger partial charge in [0.15, 0.2) is 0 Å². The number of hydrogen-bond donors (Lipinski definition) is 0. The van der Waals surface area contributed by atoms with Crippen molar-refractivity contribution >= 4 is 0 Å². The summed E-state index contributed by atoms with van der Waals surface area (Å²) in [6.45, 7) is 4.25. The van der Waals surface area contributed by atoms with Crippen LogP contribution in [0.1, 0.15) is 25.2 Å². The van der Waals surface area contributed by atoms with E-state index in [1.807, 2.05) is 35.0 Å². The van der Waals surface area contributed by atoms with Gasteiger partial charge in [-0.15, -0.1) is 5.10 Å². The van der Waals surface area contributed by atoms with Gasteiger partial charge in [0.1, 0.15) is 0 Å². The molecule has 0 amide bonds. The molecule has 0 N–H and O–H groups in total. The first kappa shape index (κ1) is 9.90. The lowest BCUT2D eigenvalue weighted by Gasteiger charge is -2.04. The Bertz CT molecular complexity index is 431. The third-order valence-corrected chi connectivity index (χ3v) is 2.51. The highest BCUT2D eigenvalue weighted by molar-refractivity contribution is 5.33. The van der Waals surface area contributed by atoms with E-state index in [-0.39, 0.29) is 0 Å².